The van der Waals surface area contributed by atoms with E-state index >= 15 is 0 Å². The summed E-state index contributed by atoms with van der Waals surface area (Å²) in [4.78, 5) is 21.4. The molecular weight excluding hydrogens is 320 g/mol. The highest BCUT2D eigenvalue weighted by molar-refractivity contribution is 7.15. The third-order valence-corrected chi connectivity index (χ3v) is 4.18. The van der Waals surface area contributed by atoms with Gasteiger partial charge in [-0.05, 0) is 43.3 Å². The third-order valence-electron chi connectivity index (χ3n) is 2.93. The second-order valence-electron chi connectivity index (χ2n) is 4.52. The molecule has 0 N–H and O–H groups in total. The number of pyridine rings is 1. The van der Waals surface area contributed by atoms with Crippen molar-refractivity contribution in [2.75, 3.05) is 0 Å². The van der Waals surface area contributed by atoms with Crippen LogP contribution in [0.3, 0.4) is 0 Å². The molecule has 2 aromatic heterocycles. The molecule has 0 aliphatic carbocycles. The van der Waals surface area contributed by atoms with Gasteiger partial charge >= 0.3 is 5.97 Å². The van der Waals surface area contributed by atoms with Gasteiger partial charge in [0, 0.05) is 23.0 Å². The summed E-state index contributed by atoms with van der Waals surface area (Å²) in [6, 6.07) is 10.3. The van der Waals surface area contributed by atoms with Gasteiger partial charge in [-0.2, -0.15) is 0 Å². The Hall–Kier alpha value is -2.24. The standard InChI is InChI=1S/C16H11ClN2O2S/c1-10-14(19-15(22-10)12-3-2-8-18-9-12)21-16(20)11-4-6-13(17)7-5-11/h2-9H,1H3. The fraction of sp³-hybridized carbons (Fsp3) is 0.0625. The van der Waals surface area contributed by atoms with E-state index < -0.39 is 5.97 Å². The summed E-state index contributed by atoms with van der Waals surface area (Å²) >= 11 is 7.26. The smallest absolute Gasteiger partial charge is 0.344 e. The number of ether oxygens (including phenoxy) is 1. The van der Waals surface area contributed by atoms with E-state index in [1.54, 1.807) is 36.7 Å². The molecule has 22 heavy (non-hydrogen) atoms. The average Bonchev–Trinajstić information content (AvgIpc) is 2.90. The van der Waals surface area contributed by atoms with Crippen molar-refractivity contribution < 1.29 is 9.53 Å². The van der Waals surface area contributed by atoms with E-state index in [0.29, 0.717) is 16.5 Å². The Kier molecular flexibility index (Phi) is 4.18. The van der Waals surface area contributed by atoms with Crippen molar-refractivity contribution in [3.05, 3.63) is 64.3 Å². The Morgan fingerprint density at radius 3 is 2.68 bits per heavy atom. The van der Waals surface area contributed by atoms with Crippen molar-refractivity contribution in [1.29, 1.82) is 0 Å². The fourth-order valence-corrected chi connectivity index (χ4v) is 2.78. The Balaban J connectivity index is 1.82. The van der Waals surface area contributed by atoms with Crippen LogP contribution in [0.25, 0.3) is 10.6 Å². The quantitative estimate of drug-likeness (QED) is 0.668. The third kappa shape index (κ3) is 3.16. The number of rotatable bonds is 3. The molecule has 6 heteroatoms. The number of nitrogens with zero attached hydrogens (tertiary/aromatic N) is 2. The zero-order valence-electron chi connectivity index (χ0n) is 11.6. The van der Waals surface area contributed by atoms with Crippen LogP contribution >= 0.6 is 22.9 Å². The van der Waals surface area contributed by atoms with E-state index in [2.05, 4.69) is 9.97 Å². The zero-order chi connectivity index (χ0) is 15.5. The van der Waals surface area contributed by atoms with Gasteiger partial charge in [-0.3, -0.25) is 4.98 Å². The largest absolute Gasteiger partial charge is 0.403 e. The highest BCUT2D eigenvalue weighted by atomic mass is 35.5. The number of carbonyl (C=O) groups excluding carboxylic acids is 1. The molecule has 0 saturated carbocycles. The van der Waals surface area contributed by atoms with Crippen LogP contribution in [-0.2, 0) is 0 Å². The monoisotopic (exact) mass is 330 g/mol. The van der Waals surface area contributed by atoms with Gasteiger partial charge in [0.2, 0.25) is 5.88 Å². The maximum Gasteiger partial charge on any atom is 0.344 e. The minimum Gasteiger partial charge on any atom is -0.403 e. The van der Waals surface area contributed by atoms with Crippen molar-refractivity contribution >= 4 is 28.9 Å². The van der Waals surface area contributed by atoms with Crippen molar-refractivity contribution in [3.8, 4) is 16.5 Å². The molecule has 0 spiro atoms. The molecule has 0 bridgehead atoms. The average molecular weight is 331 g/mol. The summed E-state index contributed by atoms with van der Waals surface area (Å²) < 4.78 is 5.37. The van der Waals surface area contributed by atoms with Gasteiger partial charge in [-0.25, -0.2) is 9.78 Å². The van der Waals surface area contributed by atoms with E-state index in [4.69, 9.17) is 16.3 Å². The lowest BCUT2D eigenvalue weighted by molar-refractivity contribution is 0.0727. The first-order valence-corrected chi connectivity index (χ1v) is 7.68. The Morgan fingerprint density at radius 1 is 1.23 bits per heavy atom. The topological polar surface area (TPSA) is 52.1 Å². The summed E-state index contributed by atoms with van der Waals surface area (Å²) in [6.45, 7) is 1.86. The van der Waals surface area contributed by atoms with Crippen molar-refractivity contribution in [3.63, 3.8) is 0 Å². The minimum absolute atomic E-state index is 0.323. The van der Waals surface area contributed by atoms with Gasteiger partial charge in [0.25, 0.3) is 0 Å². The van der Waals surface area contributed by atoms with Crippen LogP contribution < -0.4 is 4.74 Å². The first-order chi connectivity index (χ1) is 10.6. The molecule has 0 aliphatic heterocycles. The van der Waals surface area contributed by atoms with Gasteiger partial charge in [0.1, 0.15) is 5.01 Å². The summed E-state index contributed by atoms with van der Waals surface area (Å²) in [5.74, 6) is -0.133. The van der Waals surface area contributed by atoms with Crippen LogP contribution in [0.2, 0.25) is 5.02 Å². The number of hydrogen-bond donors (Lipinski definition) is 0. The molecule has 0 radical (unpaired) electrons. The molecule has 1 aromatic carbocycles. The number of esters is 1. The molecule has 0 aliphatic rings. The van der Waals surface area contributed by atoms with Crippen LogP contribution in [-0.4, -0.2) is 15.9 Å². The van der Waals surface area contributed by atoms with Gasteiger partial charge in [0.05, 0.1) is 10.4 Å². The zero-order valence-corrected chi connectivity index (χ0v) is 13.2. The molecule has 0 saturated heterocycles. The second kappa shape index (κ2) is 6.25. The van der Waals surface area contributed by atoms with E-state index in [-0.39, 0.29) is 0 Å². The van der Waals surface area contributed by atoms with Gasteiger partial charge < -0.3 is 4.74 Å². The van der Waals surface area contributed by atoms with Crippen LogP contribution in [0.1, 0.15) is 15.2 Å². The summed E-state index contributed by atoms with van der Waals surface area (Å²) in [7, 11) is 0. The van der Waals surface area contributed by atoms with E-state index in [1.165, 1.54) is 11.3 Å². The lowest BCUT2D eigenvalue weighted by atomic mass is 10.2. The summed E-state index contributed by atoms with van der Waals surface area (Å²) in [5.41, 5.74) is 1.32. The van der Waals surface area contributed by atoms with E-state index in [0.717, 1.165) is 15.4 Å². The summed E-state index contributed by atoms with van der Waals surface area (Å²) in [6.07, 6.45) is 3.43. The van der Waals surface area contributed by atoms with Crippen LogP contribution in [0, 0.1) is 6.92 Å². The van der Waals surface area contributed by atoms with Gasteiger partial charge in [-0.15, -0.1) is 11.3 Å². The maximum atomic E-state index is 12.1. The van der Waals surface area contributed by atoms with Crippen molar-refractivity contribution in [2.24, 2.45) is 0 Å². The fourth-order valence-electron chi connectivity index (χ4n) is 1.82. The Bertz CT molecular complexity index is 801. The highest BCUT2D eigenvalue weighted by Gasteiger charge is 2.15. The molecule has 2 heterocycles. The van der Waals surface area contributed by atoms with Crippen LogP contribution in [0.5, 0.6) is 5.88 Å². The maximum absolute atomic E-state index is 12.1. The number of thiazole rings is 1. The number of hydrogen-bond acceptors (Lipinski definition) is 5. The molecule has 110 valence electrons. The minimum atomic E-state index is -0.456. The molecule has 3 rings (SSSR count). The highest BCUT2D eigenvalue weighted by Crippen LogP contribution is 2.31. The molecule has 3 aromatic rings. The van der Waals surface area contributed by atoms with E-state index in [9.17, 15) is 4.79 Å². The second-order valence-corrected chi connectivity index (χ2v) is 6.16. The normalized spacial score (nSPS) is 10.5. The number of benzene rings is 1. The molecule has 0 amide bonds. The predicted octanol–water partition coefficient (Wildman–Crippen LogP) is 4.39. The molecule has 0 atom stereocenters. The number of carbonyl (C=O) groups is 1. The summed E-state index contributed by atoms with van der Waals surface area (Å²) in [5, 5.41) is 1.34. The van der Waals surface area contributed by atoms with Crippen LogP contribution in [0.4, 0.5) is 0 Å². The number of halogens is 1. The van der Waals surface area contributed by atoms with Crippen molar-refractivity contribution in [2.45, 2.75) is 6.92 Å². The molecular formula is C16H11ClN2O2S. The molecule has 0 unspecified atom stereocenters. The van der Waals surface area contributed by atoms with E-state index in [1.807, 2.05) is 19.1 Å². The van der Waals surface area contributed by atoms with Gasteiger partial charge in [0.15, 0.2) is 0 Å². The van der Waals surface area contributed by atoms with Gasteiger partial charge in [-0.1, -0.05) is 11.6 Å². The first-order valence-electron chi connectivity index (χ1n) is 6.49. The SMILES string of the molecule is Cc1sc(-c2cccnc2)nc1OC(=O)c1ccc(Cl)cc1. The number of aromatic nitrogens is 2. The Labute approximate surface area is 136 Å². The lowest BCUT2D eigenvalue weighted by Crippen LogP contribution is -2.09. The predicted molar refractivity (Wildman–Crippen MR) is 86.5 cm³/mol. The van der Waals surface area contributed by atoms with Crippen LogP contribution in [0.15, 0.2) is 48.8 Å². The molecule has 0 fully saturated rings. The number of aryl methyl sites for hydroxylation is 1. The molecule has 4 nitrogen and oxygen atoms in total. The lowest BCUT2D eigenvalue weighted by Gasteiger charge is -2.02. The van der Waals surface area contributed by atoms with Crippen molar-refractivity contribution in [1.82, 2.24) is 9.97 Å². The first kappa shape index (κ1) is 14.7. The Morgan fingerprint density at radius 2 is 2.00 bits per heavy atom.